The number of benzene rings is 2. The first-order valence-electron chi connectivity index (χ1n) is 13.7. The zero-order valence-corrected chi connectivity index (χ0v) is 24.6. The van der Waals surface area contributed by atoms with Gasteiger partial charge in [-0.2, -0.15) is 4.31 Å². The lowest BCUT2D eigenvalue weighted by atomic mass is 10.2. The molecule has 1 amide bonds. The minimum absolute atomic E-state index is 0.148. The quantitative estimate of drug-likeness (QED) is 0.335. The van der Waals surface area contributed by atoms with Gasteiger partial charge >= 0.3 is 0 Å². The molecule has 5 rings (SSSR count). The van der Waals surface area contributed by atoms with Crippen molar-refractivity contribution in [1.29, 1.82) is 0 Å². The maximum absolute atomic E-state index is 14.2. The summed E-state index contributed by atoms with van der Waals surface area (Å²) in [6.45, 7) is 7.22. The van der Waals surface area contributed by atoms with Crippen LogP contribution in [0.2, 0.25) is 0 Å². The van der Waals surface area contributed by atoms with Crippen LogP contribution in [0.25, 0.3) is 10.2 Å². The highest BCUT2D eigenvalue weighted by atomic mass is 32.2. The first-order valence-corrected chi connectivity index (χ1v) is 16.0. The number of carbonyl (C=O) groups excluding carboxylic acids is 1. The maximum atomic E-state index is 14.2. The summed E-state index contributed by atoms with van der Waals surface area (Å²) in [6, 6.07) is 11.2. The Morgan fingerprint density at radius 1 is 1.12 bits per heavy atom. The molecule has 1 unspecified atom stereocenters. The number of fused-ring (bicyclic) bond motifs is 1. The summed E-state index contributed by atoms with van der Waals surface area (Å²) in [6.07, 6.45) is 1.82. The average molecular weight is 589 g/mol. The standard InChI is InChI=1S/C28H36N4O6S2/c1-3-38-22-9-12-24-26(20-22)39-28(29-24)31(14-5-13-30-16-18-37-19-17-30)27(33)25-6-4-15-32(25)40(34,35)23-10-7-21(36-2)8-11-23/h7-12,20,25H,3-6,13-19H2,1-2H3. The van der Waals surface area contributed by atoms with Crippen molar-refractivity contribution < 1.29 is 27.4 Å². The molecular weight excluding hydrogens is 552 g/mol. The van der Waals surface area contributed by atoms with E-state index in [1.54, 1.807) is 17.0 Å². The number of hydrogen-bond acceptors (Lipinski definition) is 9. The largest absolute Gasteiger partial charge is 0.497 e. The Bertz CT molecular complexity index is 1410. The van der Waals surface area contributed by atoms with Crippen LogP contribution in [0, 0.1) is 0 Å². The number of nitrogens with zero attached hydrogens (tertiary/aromatic N) is 4. The third-order valence-electron chi connectivity index (χ3n) is 7.27. The van der Waals surface area contributed by atoms with Gasteiger partial charge < -0.3 is 14.2 Å². The van der Waals surface area contributed by atoms with Crippen molar-refractivity contribution in [2.24, 2.45) is 0 Å². The minimum Gasteiger partial charge on any atom is -0.497 e. The van der Waals surface area contributed by atoms with Crippen LogP contribution < -0.4 is 14.4 Å². The summed E-state index contributed by atoms with van der Waals surface area (Å²) in [5.74, 6) is 1.09. The molecule has 10 nitrogen and oxygen atoms in total. The molecule has 2 saturated heterocycles. The highest BCUT2D eigenvalue weighted by molar-refractivity contribution is 7.89. The monoisotopic (exact) mass is 588 g/mol. The fourth-order valence-electron chi connectivity index (χ4n) is 5.18. The van der Waals surface area contributed by atoms with Crippen LogP contribution in [-0.2, 0) is 19.6 Å². The van der Waals surface area contributed by atoms with Gasteiger partial charge in [0.25, 0.3) is 0 Å². The number of ether oxygens (including phenoxy) is 3. The van der Waals surface area contributed by atoms with Crippen molar-refractivity contribution in [2.75, 3.05) is 64.6 Å². The third-order valence-corrected chi connectivity index (χ3v) is 10.2. The number of amides is 1. The summed E-state index contributed by atoms with van der Waals surface area (Å²) in [4.78, 5) is 23.1. The molecule has 2 aliphatic heterocycles. The van der Waals surface area contributed by atoms with Gasteiger partial charge in [0.15, 0.2) is 5.13 Å². The van der Waals surface area contributed by atoms with Crippen molar-refractivity contribution in [3.8, 4) is 11.5 Å². The third kappa shape index (κ3) is 6.26. The maximum Gasteiger partial charge on any atom is 0.247 e. The number of hydrogen-bond donors (Lipinski definition) is 0. The molecule has 2 aliphatic rings. The topological polar surface area (TPSA) is 102 Å². The molecule has 0 bridgehead atoms. The van der Waals surface area contributed by atoms with E-state index in [4.69, 9.17) is 19.2 Å². The summed E-state index contributed by atoms with van der Waals surface area (Å²) in [5.41, 5.74) is 0.781. The molecule has 0 saturated carbocycles. The van der Waals surface area contributed by atoms with Crippen molar-refractivity contribution in [1.82, 2.24) is 14.2 Å². The molecule has 0 N–H and O–H groups in total. The van der Waals surface area contributed by atoms with Gasteiger partial charge in [0, 0.05) is 32.7 Å². The summed E-state index contributed by atoms with van der Waals surface area (Å²) in [5, 5.41) is 0.573. The Labute approximate surface area is 239 Å². The van der Waals surface area contributed by atoms with Crippen LogP contribution in [0.4, 0.5) is 5.13 Å². The predicted molar refractivity (Wildman–Crippen MR) is 155 cm³/mol. The Kier molecular flexibility index (Phi) is 9.21. The van der Waals surface area contributed by atoms with E-state index < -0.39 is 16.1 Å². The zero-order valence-electron chi connectivity index (χ0n) is 23.0. The Morgan fingerprint density at radius 2 is 1.88 bits per heavy atom. The highest BCUT2D eigenvalue weighted by Crippen LogP contribution is 2.34. The molecule has 3 heterocycles. The van der Waals surface area contributed by atoms with E-state index in [9.17, 15) is 13.2 Å². The van der Waals surface area contributed by atoms with Gasteiger partial charge in [-0.25, -0.2) is 13.4 Å². The summed E-state index contributed by atoms with van der Waals surface area (Å²) in [7, 11) is -2.34. The fraction of sp³-hybridized carbons (Fsp3) is 0.500. The van der Waals surface area contributed by atoms with Crippen LogP contribution in [0.5, 0.6) is 11.5 Å². The number of sulfonamides is 1. The minimum atomic E-state index is -3.87. The molecule has 3 aromatic rings. The van der Waals surface area contributed by atoms with Gasteiger partial charge in [-0.05, 0) is 68.7 Å². The molecule has 12 heteroatoms. The molecule has 0 spiro atoms. The summed E-state index contributed by atoms with van der Waals surface area (Å²) < 4.78 is 45.8. The molecule has 40 heavy (non-hydrogen) atoms. The van der Waals surface area contributed by atoms with Crippen LogP contribution in [0.1, 0.15) is 26.2 Å². The lowest BCUT2D eigenvalue weighted by molar-refractivity contribution is -0.121. The van der Waals surface area contributed by atoms with Crippen molar-refractivity contribution >= 4 is 42.6 Å². The fourth-order valence-corrected chi connectivity index (χ4v) is 7.86. The number of thiazole rings is 1. The smallest absolute Gasteiger partial charge is 0.247 e. The van der Waals surface area contributed by atoms with E-state index in [0.717, 1.165) is 42.0 Å². The molecule has 2 fully saturated rings. The van der Waals surface area contributed by atoms with E-state index >= 15 is 0 Å². The number of morpholine rings is 1. The van der Waals surface area contributed by atoms with E-state index in [2.05, 4.69) is 4.90 Å². The number of aromatic nitrogens is 1. The van der Waals surface area contributed by atoms with Gasteiger partial charge in [0.05, 0.1) is 42.0 Å². The molecule has 0 radical (unpaired) electrons. The van der Waals surface area contributed by atoms with Crippen LogP contribution in [0.3, 0.4) is 0 Å². The second kappa shape index (κ2) is 12.8. The molecular formula is C28H36N4O6S2. The van der Waals surface area contributed by atoms with E-state index in [-0.39, 0.29) is 10.8 Å². The molecule has 2 aromatic carbocycles. The Hall–Kier alpha value is -2.77. The Morgan fingerprint density at radius 3 is 2.60 bits per heavy atom. The van der Waals surface area contributed by atoms with Gasteiger partial charge in [-0.1, -0.05) is 11.3 Å². The number of carbonyl (C=O) groups is 1. The van der Waals surface area contributed by atoms with Gasteiger partial charge in [0.2, 0.25) is 15.9 Å². The number of methoxy groups -OCH3 is 1. The van der Waals surface area contributed by atoms with E-state index in [1.165, 1.54) is 34.9 Å². The predicted octanol–water partition coefficient (Wildman–Crippen LogP) is 3.61. The number of rotatable bonds is 11. The molecule has 216 valence electrons. The van der Waals surface area contributed by atoms with Crippen LogP contribution in [0.15, 0.2) is 47.4 Å². The lowest BCUT2D eigenvalue weighted by Gasteiger charge is -2.30. The van der Waals surface area contributed by atoms with Gasteiger partial charge in [0.1, 0.15) is 17.5 Å². The first-order chi connectivity index (χ1) is 19.4. The van der Waals surface area contributed by atoms with Crippen molar-refractivity contribution in [3.63, 3.8) is 0 Å². The molecule has 1 atom stereocenters. The Balaban J connectivity index is 1.41. The average Bonchev–Trinajstić information content (AvgIpc) is 3.64. The zero-order chi connectivity index (χ0) is 28.1. The first kappa shape index (κ1) is 28.7. The number of anilines is 1. The van der Waals surface area contributed by atoms with Gasteiger partial charge in [-0.3, -0.25) is 14.6 Å². The second-order valence-corrected chi connectivity index (χ2v) is 12.7. The van der Waals surface area contributed by atoms with E-state index in [1.807, 2.05) is 25.1 Å². The van der Waals surface area contributed by atoms with Crippen LogP contribution >= 0.6 is 11.3 Å². The molecule has 1 aromatic heterocycles. The SMILES string of the molecule is CCOc1ccc2nc(N(CCCN3CCOCC3)C(=O)C3CCCN3S(=O)(=O)c3ccc(OC)cc3)sc2c1. The summed E-state index contributed by atoms with van der Waals surface area (Å²) >= 11 is 1.43. The van der Waals surface area contributed by atoms with Crippen molar-refractivity contribution in [2.45, 2.75) is 37.1 Å². The van der Waals surface area contributed by atoms with Gasteiger partial charge in [-0.15, -0.1) is 0 Å². The second-order valence-electron chi connectivity index (χ2n) is 9.81. The molecule has 0 aliphatic carbocycles. The normalized spacial score (nSPS) is 18.7. The van der Waals surface area contributed by atoms with Crippen molar-refractivity contribution in [3.05, 3.63) is 42.5 Å². The lowest BCUT2D eigenvalue weighted by Crippen LogP contribution is -2.48. The van der Waals surface area contributed by atoms with E-state index in [0.29, 0.717) is 56.6 Å². The van der Waals surface area contributed by atoms with Crippen LogP contribution in [-0.4, -0.2) is 94.2 Å². The highest BCUT2D eigenvalue weighted by Gasteiger charge is 2.42.